The first-order valence-corrected chi connectivity index (χ1v) is 22.8. The first kappa shape index (κ1) is 42.6. The molecule has 2 aromatic heterocycles. The standard InChI is InChI=1S/C44H48F3N9O6S/c1-4-52(2)63(61,62)51-35-12-10-32(45)38(39(35)47)40(58)26-7-11-34-30(19-26)42(59)56(24-48-34)28-22-44(23-28)14-17-54(18-15-44)27-8-5-25(6-9-27)29-21-36-31(20-33(29)46)41(50-53(36)3)55-16-13-37(57)49-43(55)60/h7,10-12,19-21,24-25,27-28,51H,4-6,8-9,13-18,22-23H2,1-3H3,(H,49,57,60). The number of likely N-dealkylation sites (tertiary alicyclic amines) is 1. The van der Waals surface area contributed by atoms with E-state index in [9.17, 15) is 32.0 Å². The van der Waals surface area contributed by atoms with E-state index in [-0.39, 0.29) is 65.1 Å². The number of nitrogens with one attached hydrogen (secondary N) is 2. The smallest absolute Gasteiger partial charge is 0.300 e. The van der Waals surface area contributed by atoms with Crippen molar-refractivity contribution in [1.29, 1.82) is 0 Å². The zero-order valence-electron chi connectivity index (χ0n) is 35.2. The Morgan fingerprint density at radius 1 is 0.937 bits per heavy atom. The van der Waals surface area contributed by atoms with Gasteiger partial charge in [0.05, 0.1) is 34.0 Å². The second-order valence-electron chi connectivity index (χ2n) is 17.5. The summed E-state index contributed by atoms with van der Waals surface area (Å²) in [4.78, 5) is 60.0. The van der Waals surface area contributed by atoms with Gasteiger partial charge in [0.1, 0.15) is 11.6 Å². The van der Waals surface area contributed by atoms with Crippen LogP contribution >= 0.6 is 0 Å². The molecule has 4 aliphatic rings. The lowest BCUT2D eigenvalue weighted by Crippen LogP contribution is -2.51. The number of halogens is 3. The van der Waals surface area contributed by atoms with Crippen molar-refractivity contribution in [3.63, 3.8) is 0 Å². The number of rotatable bonds is 10. The van der Waals surface area contributed by atoms with Gasteiger partial charge in [0.15, 0.2) is 17.4 Å². The number of carbonyl (C=O) groups is 3. The molecule has 9 rings (SSSR count). The fraction of sp³-hybridized carbons (Fsp3) is 0.455. The van der Waals surface area contributed by atoms with E-state index in [0.29, 0.717) is 28.3 Å². The van der Waals surface area contributed by atoms with Crippen LogP contribution < -0.4 is 20.5 Å². The zero-order valence-corrected chi connectivity index (χ0v) is 36.0. The molecule has 2 aliphatic heterocycles. The van der Waals surface area contributed by atoms with Crippen LogP contribution in [0.3, 0.4) is 0 Å². The Balaban J connectivity index is 0.824. The van der Waals surface area contributed by atoms with Crippen molar-refractivity contribution in [2.24, 2.45) is 12.5 Å². The van der Waals surface area contributed by atoms with Crippen molar-refractivity contribution < 1.29 is 36.0 Å². The summed E-state index contributed by atoms with van der Waals surface area (Å²) in [7, 11) is -1.11. The van der Waals surface area contributed by atoms with Gasteiger partial charge in [-0.25, -0.2) is 22.9 Å². The predicted octanol–water partition coefficient (Wildman–Crippen LogP) is 6.13. The molecule has 2 N–H and O–H groups in total. The number of fused-ring (bicyclic) bond motifs is 2. The average Bonchev–Trinajstić information content (AvgIpc) is 3.57. The van der Waals surface area contributed by atoms with Gasteiger partial charge in [0.2, 0.25) is 5.91 Å². The Hall–Kier alpha value is -5.66. The predicted molar refractivity (Wildman–Crippen MR) is 229 cm³/mol. The quantitative estimate of drug-likeness (QED) is 0.157. The fourth-order valence-electron chi connectivity index (χ4n) is 10.1. The third kappa shape index (κ3) is 7.66. The first-order valence-electron chi connectivity index (χ1n) is 21.4. The number of amides is 3. The van der Waals surface area contributed by atoms with Crippen LogP contribution in [-0.2, 0) is 22.1 Å². The van der Waals surface area contributed by atoms with Gasteiger partial charge < -0.3 is 4.90 Å². The maximum absolute atomic E-state index is 15.8. The lowest BCUT2D eigenvalue weighted by Gasteiger charge is -2.54. The van der Waals surface area contributed by atoms with Crippen LogP contribution in [0.5, 0.6) is 0 Å². The van der Waals surface area contributed by atoms with Crippen LogP contribution in [0.25, 0.3) is 21.8 Å². The number of anilines is 2. The minimum atomic E-state index is -4.16. The van der Waals surface area contributed by atoms with Crippen molar-refractivity contribution in [2.45, 2.75) is 82.7 Å². The number of ketones is 1. The SMILES string of the molecule is CCN(C)S(=O)(=O)Nc1ccc(F)c(C(=O)c2ccc3ncn(C4CC5(CCN(C6CCC(c7cc8c(cc7F)c(N7CCC(=O)NC7=O)nn8C)CC6)CC5)C4)c(=O)c3c2)c1F. The highest BCUT2D eigenvalue weighted by molar-refractivity contribution is 7.90. The zero-order chi connectivity index (χ0) is 44.5. The van der Waals surface area contributed by atoms with E-state index in [2.05, 4.69) is 25.0 Å². The molecule has 0 unspecified atom stereocenters. The molecule has 3 amide bonds. The van der Waals surface area contributed by atoms with Crippen molar-refractivity contribution in [3.8, 4) is 0 Å². The van der Waals surface area contributed by atoms with Crippen molar-refractivity contribution in [1.82, 2.24) is 33.9 Å². The van der Waals surface area contributed by atoms with E-state index < -0.39 is 44.9 Å². The van der Waals surface area contributed by atoms with Gasteiger partial charge in [-0.3, -0.25) is 38.6 Å². The number of carbonyl (C=O) groups excluding carboxylic acids is 3. The minimum absolute atomic E-state index is 0.0568. The third-order valence-corrected chi connectivity index (χ3v) is 15.5. The van der Waals surface area contributed by atoms with Gasteiger partial charge in [-0.05, 0) is 124 Å². The summed E-state index contributed by atoms with van der Waals surface area (Å²) < 4.78 is 77.7. The number of hydrogen-bond acceptors (Lipinski definition) is 9. The van der Waals surface area contributed by atoms with Gasteiger partial charge in [-0.1, -0.05) is 6.92 Å². The van der Waals surface area contributed by atoms with E-state index >= 15 is 8.78 Å². The maximum atomic E-state index is 15.8. The van der Waals surface area contributed by atoms with Gasteiger partial charge in [-0.2, -0.15) is 17.8 Å². The van der Waals surface area contributed by atoms with Crippen LogP contribution in [0.15, 0.2) is 53.6 Å². The Morgan fingerprint density at radius 2 is 1.67 bits per heavy atom. The maximum Gasteiger partial charge on any atom is 0.329 e. The lowest BCUT2D eigenvalue weighted by molar-refractivity contribution is -0.120. The summed E-state index contributed by atoms with van der Waals surface area (Å²) in [5.41, 5.74) is -0.241. The first-order chi connectivity index (χ1) is 30.1. The number of aryl methyl sites for hydroxylation is 1. The van der Waals surface area contributed by atoms with Crippen LogP contribution in [-0.4, -0.2) is 93.9 Å². The minimum Gasteiger partial charge on any atom is -0.300 e. The number of piperidine rings is 1. The van der Waals surface area contributed by atoms with Crippen LogP contribution in [0.2, 0.25) is 0 Å². The van der Waals surface area contributed by atoms with Crippen molar-refractivity contribution in [2.75, 3.05) is 42.8 Å². The summed E-state index contributed by atoms with van der Waals surface area (Å²) >= 11 is 0. The van der Waals surface area contributed by atoms with E-state index in [1.165, 1.54) is 42.5 Å². The Kier molecular flexibility index (Phi) is 10.9. The van der Waals surface area contributed by atoms with Crippen molar-refractivity contribution >= 4 is 61.2 Å². The molecule has 63 heavy (non-hydrogen) atoms. The average molecular weight is 888 g/mol. The molecule has 3 aromatic carbocycles. The highest BCUT2D eigenvalue weighted by atomic mass is 32.2. The van der Waals surface area contributed by atoms with E-state index in [0.717, 1.165) is 86.4 Å². The topological polar surface area (TPSA) is 172 Å². The second-order valence-corrected chi connectivity index (χ2v) is 19.3. The van der Waals surface area contributed by atoms with Crippen LogP contribution in [0.1, 0.15) is 98.2 Å². The normalized spacial score (nSPS) is 21.0. The molecule has 1 spiro atoms. The van der Waals surface area contributed by atoms with Crippen molar-refractivity contribution in [3.05, 3.63) is 93.3 Å². The lowest BCUT2D eigenvalue weighted by atomic mass is 9.60. The summed E-state index contributed by atoms with van der Waals surface area (Å²) in [6.07, 6.45) is 8.80. The molecule has 5 aromatic rings. The molecule has 19 heteroatoms. The summed E-state index contributed by atoms with van der Waals surface area (Å²) in [5.74, 6) is -3.87. The van der Waals surface area contributed by atoms with Gasteiger partial charge in [0, 0.05) is 56.6 Å². The Bertz CT molecular complexity index is 2860. The summed E-state index contributed by atoms with van der Waals surface area (Å²) in [6, 6.07) is 8.86. The number of urea groups is 1. The van der Waals surface area contributed by atoms with E-state index in [1.54, 1.807) is 23.2 Å². The summed E-state index contributed by atoms with van der Waals surface area (Å²) in [5, 5.41) is 7.48. The molecular formula is C44H48F3N9O6S. The van der Waals surface area contributed by atoms with E-state index in [1.807, 2.05) is 6.07 Å². The van der Waals surface area contributed by atoms with Crippen LogP contribution in [0, 0.1) is 22.9 Å². The molecule has 2 aliphatic carbocycles. The van der Waals surface area contributed by atoms with Gasteiger partial charge in [0.25, 0.3) is 5.56 Å². The number of benzene rings is 3. The highest BCUT2D eigenvalue weighted by Crippen LogP contribution is 2.55. The fourth-order valence-corrected chi connectivity index (χ4v) is 11.1. The number of imide groups is 1. The molecule has 0 bridgehead atoms. The number of nitrogens with zero attached hydrogens (tertiary/aromatic N) is 7. The molecule has 332 valence electrons. The van der Waals surface area contributed by atoms with E-state index in [4.69, 9.17) is 0 Å². The van der Waals surface area contributed by atoms with Crippen LogP contribution in [0.4, 0.5) is 29.5 Å². The highest BCUT2D eigenvalue weighted by Gasteiger charge is 2.48. The Labute approximate surface area is 361 Å². The number of aromatic nitrogens is 4. The molecule has 15 nitrogen and oxygen atoms in total. The van der Waals surface area contributed by atoms with Gasteiger partial charge >= 0.3 is 16.2 Å². The molecule has 2 saturated heterocycles. The molecule has 2 saturated carbocycles. The number of hydrogen-bond donors (Lipinski definition) is 2. The Morgan fingerprint density at radius 3 is 2.37 bits per heavy atom. The molecule has 4 heterocycles. The molecule has 0 radical (unpaired) electrons. The molecule has 4 fully saturated rings. The largest absolute Gasteiger partial charge is 0.329 e. The second kappa shape index (κ2) is 16.2. The molecular weight excluding hydrogens is 840 g/mol. The molecule has 0 atom stereocenters. The third-order valence-electron chi connectivity index (χ3n) is 14.0. The summed E-state index contributed by atoms with van der Waals surface area (Å²) in [6.45, 7) is 3.71. The van der Waals surface area contributed by atoms with Gasteiger partial charge in [-0.15, -0.1) is 0 Å². The monoisotopic (exact) mass is 887 g/mol.